The minimum atomic E-state index is -3.90. The lowest BCUT2D eigenvalue weighted by Crippen LogP contribution is -2.44. The van der Waals surface area contributed by atoms with E-state index < -0.39 is 10.0 Å². The van der Waals surface area contributed by atoms with E-state index in [9.17, 15) is 13.2 Å². The molecular formula is C25H31N3O4S. The highest BCUT2D eigenvalue weighted by Crippen LogP contribution is 2.31. The number of amides is 1. The highest BCUT2D eigenvalue weighted by atomic mass is 32.2. The number of furan rings is 1. The molecule has 1 fully saturated rings. The second kappa shape index (κ2) is 9.97. The first-order valence-electron chi connectivity index (χ1n) is 11.4. The molecule has 1 atom stereocenters. The Kier molecular flexibility index (Phi) is 7.05. The van der Waals surface area contributed by atoms with Crippen LogP contribution in [0.25, 0.3) is 0 Å². The number of carbonyl (C=O) groups excluding carboxylic acids is 1. The van der Waals surface area contributed by atoms with Crippen molar-refractivity contribution in [2.24, 2.45) is 7.05 Å². The summed E-state index contributed by atoms with van der Waals surface area (Å²) in [7, 11) is -1.92. The Bertz CT molecular complexity index is 1170. The van der Waals surface area contributed by atoms with E-state index >= 15 is 0 Å². The molecule has 1 saturated heterocycles. The molecule has 1 aliphatic rings. The van der Waals surface area contributed by atoms with Gasteiger partial charge in [0.15, 0.2) is 0 Å². The molecule has 0 aliphatic carbocycles. The highest BCUT2D eigenvalue weighted by Gasteiger charge is 2.33. The van der Waals surface area contributed by atoms with Crippen LogP contribution < -0.4 is 0 Å². The Morgan fingerprint density at radius 1 is 1.09 bits per heavy atom. The molecule has 2 aromatic heterocycles. The van der Waals surface area contributed by atoms with Crippen molar-refractivity contribution in [3.63, 3.8) is 0 Å². The Hall–Kier alpha value is -2.84. The van der Waals surface area contributed by atoms with Gasteiger partial charge in [0, 0.05) is 25.5 Å². The highest BCUT2D eigenvalue weighted by molar-refractivity contribution is 7.89. The van der Waals surface area contributed by atoms with Crippen molar-refractivity contribution in [2.45, 2.75) is 50.1 Å². The van der Waals surface area contributed by atoms with E-state index in [4.69, 9.17) is 4.42 Å². The number of likely N-dealkylation sites (tertiary alicyclic amines) is 1. The van der Waals surface area contributed by atoms with E-state index in [2.05, 4.69) is 0 Å². The zero-order valence-corrected chi connectivity index (χ0v) is 20.0. The molecule has 3 heterocycles. The lowest BCUT2D eigenvalue weighted by Gasteiger charge is -2.32. The maximum atomic E-state index is 13.6. The number of hydrogen-bond donors (Lipinski definition) is 0. The van der Waals surface area contributed by atoms with Crippen LogP contribution in [-0.2, 0) is 28.4 Å². The molecule has 0 radical (unpaired) electrons. The van der Waals surface area contributed by atoms with Gasteiger partial charge < -0.3 is 13.9 Å². The second-order valence-electron chi connectivity index (χ2n) is 8.66. The summed E-state index contributed by atoms with van der Waals surface area (Å²) in [6.07, 6.45) is 7.37. The lowest BCUT2D eigenvalue weighted by molar-refractivity contribution is -0.134. The number of rotatable bonds is 7. The summed E-state index contributed by atoms with van der Waals surface area (Å²) in [6.45, 7) is 2.28. The zero-order chi connectivity index (χ0) is 23.4. The third kappa shape index (κ3) is 5.23. The fourth-order valence-electron chi connectivity index (χ4n) is 4.44. The van der Waals surface area contributed by atoms with E-state index in [1.54, 1.807) is 36.4 Å². The molecule has 176 valence electrons. The summed E-state index contributed by atoms with van der Waals surface area (Å²) in [4.78, 5) is 15.7. The number of nitrogens with zero attached hydrogens (tertiary/aromatic N) is 3. The van der Waals surface area contributed by atoms with Crippen molar-refractivity contribution in [1.29, 1.82) is 0 Å². The largest absolute Gasteiger partial charge is 0.468 e. The maximum absolute atomic E-state index is 13.6. The van der Waals surface area contributed by atoms with Gasteiger partial charge >= 0.3 is 0 Å². The normalized spacial score (nSPS) is 17.3. The van der Waals surface area contributed by atoms with Crippen LogP contribution >= 0.6 is 0 Å². The van der Waals surface area contributed by atoms with Gasteiger partial charge in [-0.15, -0.1) is 0 Å². The van der Waals surface area contributed by atoms with Crippen molar-refractivity contribution in [3.05, 3.63) is 78.0 Å². The van der Waals surface area contributed by atoms with Gasteiger partial charge in [-0.3, -0.25) is 4.79 Å². The lowest BCUT2D eigenvalue weighted by atomic mass is 10.1. The third-order valence-corrected chi connectivity index (χ3v) is 8.09. The van der Waals surface area contributed by atoms with Crippen molar-refractivity contribution >= 4 is 15.9 Å². The number of aromatic nitrogens is 1. The number of sulfonamides is 1. The average Bonchev–Trinajstić information content (AvgIpc) is 3.39. The van der Waals surface area contributed by atoms with Gasteiger partial charge in [0.1, 0.15) is 5.76 Å². The van der Waals surface area contributed by atoms with Crippen molar-refractivity contribution in [1.82, 2.24) is 13.8 Å². The molecule has 7 nitrogen and oxygen atoms in total. The topological polar surface area (TPSA) is 75.8 Å². The molecule has 0 saturated carbocycles. The van der Waals surface area contributed by atoms with Crippen LogP contribution in [0.3, 0.4) is 0 Å². The molecule has 8 heteroatoms. The van der Waals surface area contributed by atoms with Gasteiger partial charge in [-0.1, -0.05) is 30.5 Å². The molecule has 1 aromatic carbocycles. The first-order valence-corrected chi connectivity index (χ1v) is 12.8. The number of carbonyl (C=O) groups is 1. The first kappa shape index (κ1) is 23.3. The predicted octanol–water partition coefficient (Wildman–Crippen LogP) is 4.26. The van der Waals surface area contributed by atoms with Crippen LogP contribution in [-0.4, -0.2) is 41.2 Å². The fraction of sp³-hybridized carbons (Fsp3) is 0.400. The predicted molar refractivity (Wildman–Crippen MR) is 126 cm³/mol. The van der Waals surface area contributed by atoms with Gasteiger partial charge in [-0.2, -0.15) is 4.31 Å². The zero-order valence-electron chi connectivity index (χ0n) is 19.2. The number of benzene rings is 1. The van der Waals surface area contributed by atoms with Gasteiger partial charge in [-0.25, -0.2) is 8.42 Å². The minimum Gasteiger partial charge on any atom is -0.468 e. The molecule has 0 N–H and O–H groups in total. The van der Waals surface area contributed by atoms with Gasteiger partial charge in [0.05, 0.1) is 30.3 Å². The van der Waals surface area contributed by atoms with Gasteiger partial charge in [-0.05, 0) is 56.2 Å². The minimum absolute atomic E-state index is 0.00237. The number of hydrogen-bond acceptors (Lipinski definition) is 4. The van der Waals surface area contributed by atoms with Crippen LogP contribution in [0.4, 0.5) is 0 Å². The van der Waals surface area contributed by atoms with Crippen molar-refractivity contribution in [3.8, 4) is 0 Å². The average molecular weight is 470 g/mol. The second-order valence-corrected chi connectivity index (χ2v) is 10.6. The smallest absolute Gasteiger partial charge is 0.243 e. The van der Waals surface area contributed by atoms with Crippen molar-refractivity contribution in [2.75, 3.05) is 13.1 Å². The van der Waals surface area contributed by atoms with Crippen molar-refractivity contribution < 1.29 is 17.6 Å². The summed E-state index contributed by atoms with van der Waals surface area (Å²) in [5.41, 5.74) is 2.04. The Morgan fingerprint density at radius 3 is 2.55 bits per heavy atom. The molecule has 1 unspecified atom stereocenters. The van der Waals surface area contributed by atoms with Gasteiger partial charge in [0.2, 0.25) is 15.9 Å². The third-order valence-electron chi connectivity index (χ3n) is 6.28. The Labute approximate surface area is 195 Å². The van der Waals surface area contributed by atoms with E-state index in [1.165, 1.54) is 10.6 Å². The molecule has 1 amide bonds. The van der Waals surface area contributed by atoms with Crippen LogP contribution in [0.2, 0.25) is 0 Å². The van der Waals surface area contributed by atoms with E-state index in [0.717, 1.165) is 36.9 Å². The van der Waals surface area contributed by atoms with Gasteiger partial charge in [0.25, 0.3) is 0 Å². The Balaban J connectivity index is 1.63. The first-order chi connectivity index (χ1) is 15.9. The molecule has 0 spiro atoms. The molecular weight excluding hydrogens is 438 g/mol. The monoisotopic (exact) mass is 469 g/mol. The standard InChI is InChI=1S/C25H31N3O4S/c1-20-11-13-22(14-12-20)33(30,31)27(18-21-8-7-17-32-21)19-25(29)28-16-5-3-4-9-24(28)23-10-6-15-26(23)2/h6-8,10-15,17,24H,3-5,9,16,18-19H2,1-2H3. The molecule has 0 bridgehead atoms. The summed E-state index contributed by atoms with van der Waals surface area (Å²) < 4.78 is 35.8. The van der Waals surface area contributed by atoms with E-state index in [-0.39, 0.29) is 29.9 Å². The molecule has 1 aliphatic heterocycles. The van der Waals surface area contributed by atoms with Crippen LogP contribution in [0.15, 0.2) is 70.3 Å². The quantitative estimate of drug-likeness (QED) is 0.518. The van der Waals surface area contributed by atoms with Crippen LogP contribution in [0.1, 0.15) is 48.7 Å². The molecule has 4 rings (SSSR count). The summed E-state index contributed by atoms with van der Waals surface area (Å²) in [6, 6.07) is 14.1. The SMILES string of the molecule is Cc1ccc(S(=O)(=O)N(CC(=O)N2CCCCCC2c2cccn2C)Cc2ccco2)cc1. The molecule has 33 heavy (non-hydrogen) atoms. The number of aryl methyl sites for hydroxylation is 2. The van der Waals surface area contributed by atoms with E-state index in [0.29, 0.717) is 12.3 Å². The summed E-state index contributed by atoms with van der Waals surface area (Å²) in [5, 5.41) is 0. The summed E-state index contributed by atoms with van der Waals surface area (Å²) in [5.74, 6) is 0.304. The Morgan fingerprint density at radius 2 is 1.88 bits per heavy atom. The van der Waals surface area contributed by atoms with E-state index in [1.807, 2.05) is 41.8 Å². The van der Waals surface area contributed by atoms with Crippen LogP contribution in [0.5, 0.6) is 0 Å². The molecule has 3 aromatic rings. The fourth-order valence-corrected chi connectivity index (χ4v) is 5.79. The maximum Gasteiger partial charge on any atom is 0.243 e. The van der Waals surface area contributed by atoms with Crippen LogP contribution in [0, 0.1) is 6.92 Å². The summed E-state index contributed by atoms with van der Waals surface area (Å²) >= 11 is 0.